The van der Waals surface area contributed by atoms with E-state index in [9.17, 15) is 4.79 Å². The molecule has 4 aromatic rings. The fraction of sp³-hybridized carbons (Fsp3) is 0.200. The molecule has 0 saturated heterocycles. The zero-order chi connectivity index (χ0) is 19.7. The van der Waals surface area contributed by atoms with Crippen molar-refractivity contribution in [3.8, 4) is 22.7 Å². The van der Waals surface area contributed by atoms with E-state index in [4.69, 9.17) is 4.74 Å². The topological polar surface area (TPSA) is 90.6 Å². The number of rotatable bonds is 5. The van der Waals surface area contributed by atoms with Crippen LogP contribution in [-0.4, -0.2) is 30.0 Å². The molecule has 0 unspecified atom stereocenters. The summed E-state index contributed by atoms with van der Waals surface area (Å²) >= 11 is 0. The number of tetrazole rings is 1. The van der Waals surface area contributed by atoms with Gasteiger partial charge in [0.1, 0.15) is 12.4 Å². The Morgan fingerprint density at radius 2 is 1.93 bits per heavy atom. The quantitative estimate of drug-likeness (QED) is 0.578. The molecule has 0 saturated carbocycles. The normalized spacial score (nSPS) is 11.0. The molecule has 0 aliphatic carbocycles. The van der Waals surface area contributed by atoms with E-state index in [1.54, 1.807) is 13.2 Å². The molecule has 0 aliphatic rings. The first-order valence-corrected chi connectivity index (χ1v) is 8.85. The minimum atomic E-state index is -0.299. The number of aryl methyl sites for hydroxylation is 3. The van der Waals surface area contributed by atoms with Crippen LogP contribution in [0.25, 0.3) is 16.9 Å². The Kier molecular flexibility index (Phi) is 4.52. The van der Waals surface area contributed by atoms with Gasteiger partial charge in [0.25, 0.3) is 0 Å². The summed E-state index contributed by atoms with van der Waals surface area (Å²) in [5.41, 5.74) is 5.29. The highest BCUT2D eigenvalue weighted by atomic mass is 16.5. The van der Waals surface area contributed by atoms with Crippen molar-refractivity contribution in [1.82, 2.24) is 30.0 Å². The van der Waals surface area contributed by atoms with Crippen LogP contribution >= 0.6 is 0 Å². The standard InChI is InChI=1S/C20H20N6O2/c1-13-5-4-6-18(26-20(27)25(3)23-24-26)16(13)12-28-19-8-7-15(11-14(19)2)17-9-10-21-22-17/h4-11H,12H2,1-3H3,(H,21,22). The first kappa shape index (κ1) is 17.7. The Bertz CT molecular complexity index is 1170. The molecule has 0 amide bonds. The molecule has 2 aromatic carbocycles. The minimum Gasteiger partial charge on any atom is -0.489 e. The molecule has 0 bridgehead atoms. The van der Waals surface area contributed by atoms with E-state index < -0.39 is 0 Å². The van der Waals surface area contributed by atoms with Crippen molar-refractivity contribution in [2.75, 3.05) is 0 Å². The zero-order valence-electron chi connectivity index (χ0n) is 15.9. The van der Waals surface area contributed by atoms with E-state index >= 15 is 0 Å². The molecule has 8 nitrogen and oxygen atoms in total. The molecule has 0 radical (unpaired) electrons. The Hall–Kier alpha value is -3.68. The van der Waals surface area contributed by atoms with Gasteiger partial charge in [-0.2, -0.15) is 14.5 Å². The molecule has 8 heteroatoms. The average molecular weight is 376 g/mol. The molecule has 0 spiro atoms. The maximum Gasteiger partial charge on any atom is 0.368 e. The molecule has 4 rings (SSSR count). The van der Waals surface area contributed by atoms with Gasteiger partial charge in [0.05, 0.1) is 11.4 Å². The summed E-state index contributed by atoms with van der Waals surface area (Å²) < 4.78 is 8.58. The summed E-state index contributed by atoms with van der Waals surface area (Å²) in [6.07, 6.45) is 1.73. The monoisotopic (exact) mass is 376 g/mol. The molecule has 28 heavy (non-hydrogen) atoms. The summed E-state index contributed by atoms with van der Waals surface area (Å²) in [4.78, 5) is 12.3. The van der Waals surface area contributed by atoms with E-state index in [1.807, 2.05) is 50.2 Å². The van der Waals surface area contributed by atoms with Crippen LogP contribution in [0.5, 0.6) is 5.75 Å². The lowest BCUT2D eigenvalue weighted by atomic mass is 10.1. The Morgan fingerprint density at radius 3 is 2.61 bits per heavy atom. The fourth-order valence-electron chi connectivity index (χ4n) is 3.08. The van der Waals surface area contributed by atoms with Gasteiger partial charge >= 0.3 is 5.69 Å². The van der Waals surface area contributed by atoms with E-state index in [0.717, 1.165) is 33.7 Å². The van der Waals surface area contributed by atoms with Crippen molar-refractivity contribution >= 4 is 0 Å². The van der Waals surface area contributed by atoms with Crippen LogP contribution in [0.3, 0.4) is 0 Å². The molecular formula is C20H20N6O2. The smallest absolute Gasteiger partial charge is 0.368 e. The van der Waals surface area contributed by atoms with Crippen molar-refractivity contribution in [3.63, 3.8) is 0 Å². The lowest BCUT2D eigenvalue weighted by Crippen LogP contribution is -2.23. The molecule has 1 N–H and O–H groups in total. The number of benzene rings is 2. The summed E-state index contributed by atoms with van der Waals surface area (Å²) in [5, 5.41) is 14.7. The molecular weight excluding hydrogens is 356 g/mol. The molecule has 142 valence electrons. The van der Waals surface area contributed by atoms with Crippen LogP contribution in [0.2, 0.25) is 0 Å². The average Bonchev–Trinajstić information content (AvgIpc) is 3.33. The van der Waals surface area contributed by atoms with Crippen molar-refractivity contribution in [3.05, 3.63) is 75.8 Å². The van der Waals surface area contributed by atoms with Crippen LogP contribution < -0.4 is 10.4 Å². The summed E-state index contributed by atoms with van der Waals surface area (Å²) in [7, 11) is 1.57. The van der Waals surface area contributed by atoms with Gasteiger partial charge in [-0.1, -0.05) is 12.1 Å². The Labute approximate surface area is 161 Å². The van der Waals surface area contributed by atoms with Gasteiger partial charge in [-0.05, 0) is 65.7 Å². The van der Waals surface area contributed by atoms with Crippen molar-refractivity contribution in [2.24, 2.45) is 7.05 Å². The first-order valence-electron chi connectivity index (χ1n) is 8.85. The highest BCUT2D eigenvalue weighted by Crippen LogP contribution is 2.26. The van der Waals surface area contributed by atoms with Gasteiger partial charge in [-0.25, -0.2) is 4.79 Å². The first-order chi connectivity index (χ1) is 13.5. The van der Waals surface area contributed by atoms with Gasteiger partial charge in [0.15, 0.2) is 0 Å². The van der Waals surface area contributed by atoms with E-state index in [2.05, 4.69) is 26.7 Å². The van der Waals surface area contributed by atoms with E-state index in [0.29, 0.717) is 12.3 Å². The van der Waals surface area contributed by atoms with E-state index in [-0.39, 0.29) is 5.69 Å². The summed E-state index contributed by atoms with van der Waals surface area (Å²) in [6, 6.07) is 13.6. The van der Waals surface area contributed by atoms with Gasteiger partial charge in [0, 0.05) is 24.4 Å². The second-order valence-corrected chi connectivity index (χ2v) is 6.61. The van der Waals surface area contributed by atoms with Crippen molar-refractivity contribution < 1.29 is 4.74 Å². The Balaban J connectivity index is 1.62. The maximum atomic E-state index is 12.3. The summed E-state index contributed by atoms with van der Waals surface area (Å²) in [6.45, 7) is 4.30. The van der Waals surface area contributed by atoms with Crippen LogP contribution in [0.4, 0.5) is 0 Å². The molecule has 0 aliphatic heterocycles. The van der Waals surface area contributed by atoms with Crippen LogP contribution in [-0.2, 0) is 13.7 Å². The zero-order valence-corrected chi connectivity index (χ0v) is 15.9. The third-order valence-corrected chi connectivity index (χ3v) is 4.69. The minimum absolute atomic E-state index is 0.299. The van der Waals surface area contributed by atoms with Gasteiger partial charge in [-0.15, -0.1) is 0 Å². The summed E-state index contributed by atoms with van der Waals surface area (Å²) in [5.74, 6) is 0.781. The highest BCUT2D eigenvalue weighted by molar-refractivity contribution is 5.61. The largest absolute Gasteiger partial charge is 0.489 e. The molecule has 2 aromatic heterocycles. The van der Waals surface area contributed by atoms with Gasteiger partial charge in [-0.3, -0.25) is 5.10 Å². The number of H-pyrrole nitrogens is 1. The number of nitrogens with zero attached hydrogens (tertiary/aromatic N) is 5. The van der Waals surface area contributed by atoms with Gasteiger partial charge in [0.2, 0.25) is 0 Å². The van der Waals surface area contributed by atoms with Crippen molar-refractivity contribution in [2.45, 2.75) is 20.5 Å². The predicted octanol–water partition coefficient (Wildman–Crippen LogP) is 2.55. The predicted molar refractivity (Wildman–Crippen MR) is 104 cm³/mol. The number of ether oxygens (including phenoxy) is 1. The lowest BCUT2D eigenvalue weighted by molar-refractivity contribution is 0.302. The highest BCUT2D eigenvalue weighted by Gasteiger charge is 2.14. The van der Waals surface area contributed by atoms with Crippen LogP contribution in [0.15, 0.2) is 53.5 Å². The number of aromatic amines is 1. The SMILES string of the molecule is Cc1cc(-c2ccn[nH]2)ccc1OCc1c(C)cccc1-n1nnn(C)c1=O. The number of nitrogens with one attached hydrogen (secondary N) is 1. The van der Waals surface area contributed by atoms with Crippen LogP contribution in [0.1, 0.15) is 16.7 Å². The number of aromatic nitrogens is 6. The third-order valence-electron chi connectivity index (χ3n) is 4.69. The van der Waals surface area contributed by atoms with E-state index in [1.165, 1.54) is 9.36 Å². The maximum absolute atomic E-state index is 12.3. The number of hydrogen-bond acceptors (Lipinski definition) is 5. The van der Waals surface area contributed by atoms with Crippen molar-refractivity contribution in [1.29, 1.82) is 0 Å². The molecule has 2 heterocycles. The number of hydrogen-bond donors (Lipinski definition) is 1. The second kappa shape index (κ2) is 7.15. The van der Waals surface area contributed by atoms with Gasteiger partial charge < -0.3 is 4.74 Å². The Morgan fingerprint density at radius 1 is 1.07 bits per heavy atom. The third kappa shape index (κ3) is 3.20. The lowest BCUT2D eigenvalue weighted by Gasteiger charge is -2.14. The molecule has 0 fully saturated rings. The fourth-order valence-corrected chi connectivity index (χ4v) is 3.08. The molecule has 0 atom stereocenters. The second-order valence-electron chi connectivity index (χ2n) is 6.61. The van der Waals surface area contributed by atoms with Crippen LogP contribution in [0, 0.1) is 13.8 Å².